The lowest BCUT2D eigenvalue weighted by Gasteiger charge is -2.18. The smallest absolute Gasteiger partial charge is 0.306 e. The first kappa shape index (κ1) is 59.4. The zero-order valence-corrected chi connectivity index (χ0v) is 41.8. The Morgan fingerprint density at radius 3 is 0.803 bits per heavy atom. The van der Waals surface area contributed by atoms with Gasteiger partial charge < -0.3 is 14.2 Å². The largest absolute Gasteiger partial charge is 0.462 e. The van der Waals surface area contributed by atoms with Gasteiger partial charge in [-0.25, -0.2) is 0 Å². The molecule has 0 N–H and O–H groups in total. The minimum Gasteiger partial charge on any atom is -0.462 e. The van der Waals surface area contributed by atoms with E-state index < -0.39 is 6.10 Å². The first-order valence-corrected chi connectivity index (χ1v) is 27.2. The molecule has 0 fully saturated rings. The van der Waals surface area contributed by atoms with Gasteiger partial charge in [0.05, 0.1) is 0 Å². The Morgan fingerprint density at radius 2 is 0.541 bits per heavy atom. The van der Waals surface area contributed by atoms with Crippen LogP contribution in [0.4, 0.5) is 0 Å². The van der Waals surface area contributed by atoms with Gasteiger partial charge in [0.2, 0.25) is 0 Å². The number of esters is 3. The summed E-state index contributed by atoms with van der Waals surface area (Å²) in [5.74, 6) is 0.838. The van der Waals surface area contributed by atoms with Crippen molar-refractivity contribution in [2.45, 2.75) is 310 Å². The standard InChI is InChI=1S/C55H106O6/c1-6-7-8-9-10-11-25-30-35-40-45-53(56)59-48-52(49-60-54(57)46-41-36-31-26-21-18-14-16-20-24-29-34-39-44-51(4)5)61-55(58)47-42-37-32-27-22-17-13-12-15-19-23-28-33-38-43-50(2)3/h50-52H,6-49H2,1-5H3/t52-/m1/s1. The molecule has 0 saturated carbocycles. The van der Waals surface area contributed by atoms with E-state index in [9.17, 15) is 14.4 Å². The average molecular weight is 863 g/mol. The summed E-state index contributed by atoms with van der Waals surface area (Å²) in [5.41, 5.74) is 0. The lowest BCUT2D eigenvalue weighted by molar-refractivity contribution is -0.167. The van der Waals surface area contributed by atoms with Crippen LogP contribution in [-0.4, -0.2) is 37.2 Å². The van der Waals surface area contributed by atoms with Crippen molar-refractivity contribution >= 4 is 17.9 Å². The molecule has 0 aromatic rings. The van der Waals surface area contributed by atoms with Crippen molar-refractivity contribution in [3.8, 4) is 0 Å². The molecular formula is C55H106O6. The molecule has 0 aliphatic rings. The van der Waals surface area contributed by atoms with Gasteiger partial charge in [-0.2, -0.15) is 0 Å². The highest BCUT2D eigenvalue weighted by Crippen LogP contribution is 2.18. The Bertz CT molecular complexity index is 931. The number of ether oxygens (including phenoxy) is 3. The molecule has 0 heterocycles. The second kappa shape index (κ2) is 47.9. The van der Waals surface area contributed by atoms with E-state index in [1.807, 2.05) is 0 Å². The molecule has 362 valence electrons. The lowest BCUT2D eigenvalue weighted by atomic mass is 10.0. The predicted octanol–water partition coefficient (Wildman–Crippen LogP) is 17.7. The molecule has 6 heteroatoms. The van der Waals surface area contributed by atoms with E-state index in [0.29, 0.717) is 19.3 Å². The zero-order chi connectivity index (χ0) is 44.7. The summed E-state index contributed by atoms with van der Waals surface area (Å²) in [5, 5.41) is 0. The van der Waals surface area contributed by atoms with E-state index in [0.717, 1.165) is 69.6 Å². The molecule has 61 heavy (non-hydrogen) atoms. The quantitative estimate of drug-likeness (QED) is 0.0344. The van der Waals surface area contributed by atoms with Gasteiger partial charge in [-0.15, -0.1) is 0 Å². The van der Waals surface area contributed by atoms with Crippen molar-refractivity contribution in [2.75, 3.05) is 13.2 Å². The summed E-state index contributed by atoms with van der Waals surface area (Å²) in [6.07, 6.45) is 49.5. The fourth-order valence-electron chi connectivity index (χ4n) is 8.34. The van der Waals surface area contributed by atoms with Crippen LogP contribution in [0.15, 0.2) is 0 Å². The molecule has 0 spiro atoms. The molecule has 0 aromatic carbocycles. The van der Waals surface area contributed by atoms with Crippen LogP contribution in [0.3, 0.4) is 0 Å². The Balaban J connectivity index is 4.27. The highest BCUT2D eigenvalue weighted by atomic mass is 16.6. The van der Waals surface area contributed by atoms with E-state index in [1.54, 1.807) is 0 Å². The molecule has 0 aliphatic heterocycles. The van der Waals surface area contributed by atoms with Gasteiger partial charge in [0.1, 0.15) is 13.2 Å². The van der Waals surface area contributed by atoms with Gasteiger partial charge in [-0.05, 0) is 31.1 Å². The Morgan fingerprint density at radius 1 is 0.311 bits per heavy atom. The summed E-state index contributed by atoms with van der Waals surface area (Å²) in [6, 6.07) is 0. The highest BCUT2D eigenvalue weighted by molar-refractivity contribution is 5.71. The lowest BCUT2D eigenvalue weighted by Crippen LogP contribution is -2.30. The van der Waals surface area contributed by atoms with Crippen LogP contribution in [0.2, 0.25) is 0 Å². The molecular weight excluding hydrogens is 757 g/mol. The van der Waals surface area contributed by atoms with Crippen LogP contribution in [0.1, 0.15) is 304 Å². The van der Waals surface area contributed by atoms with Crippen molar-refractivity contribution in [2.24, 2.45) is 11.8 Å². The summed E-state index contributed by atoms with van der Waals surface area (Å²) in [6.45, 7) is 11.4. The van der Waals surface area contributed by atoms with Gasteiger partial charge in [-0.1, -0.05) is 266 Å². The average Bonchev–Trinajstić information content (AvgIpc) is 3.23. The number of rotatable bonds is 49. The normalized spacial score (nSPS) is 12.0. The molecule has 6 nitrogen and oxygen atoms in total. The van der Waals surface area contributed by atoms with Crippen LogP contribution in [-0.2, 0) is 28.6 Å². The number of hydrogen-bond donors (Lipinski definition) is 0. The predicted molar refractivity (Wildman–Crippen MR) is 261 cm³/mol. The molecule has 0 saturated heterocycles. The number of unbranched alkanes of at least 4 members (excludes halogenated alkanes) is 34. The first-order chi connectivity index (χ1) is 29.7. The van der Waals surface area contributed by atoms with Crippen LogP contribution in [0.25, 0.3) is 0 Å². The highest BCUT2D eigenvalue weighted by Gasteiger charge is 2.19. The Labute approximate surface area is 380 Å². The van der Waals surface area contributed by atoms with E-state index >= 15 is 0 Å². The second-order valence-electron chi connectivity index (χ2n) is 19.8. The maximum atomic E-state index is 12.8. The number of carbonyl (C=O) groups is 3. The molecule has 0 aromatic heterocycles. The number of carbonyl (C=O) groups excluding carboxylic acids is 3. The third-order valence-corrected chi connectivity index (χ3v) is 12.5. The molecule has 0 unspecified atom stereocenters. The van der Waals surface area contributed by atoms with E-state index in [2.05, 4.69) is 34.6 Å². The van der Waals surface area contributed by atoms with Crippen molar-refractivity contribution in [1.82, 2.24) is 0 Å². The van der Waals surface area contributed by atoms with E-state index in [4.69, 9.17) is 14.2 Å². The van der Waals surface area contributed by atoms with Crippen LogP contribution < -0.4 is 0 Å². The zero-order valence-electron chi connectivity index (χ0n) is 41.8. The molecule has 0 amide bonds. The van der Waals surface area contributed by atoms with Crippen molar-refractivity contribution in [3.05, 3.63) is 0 Å². The van der Waals surface area contributed by atoms with Gasteiger partial charge in [0.15, 0.2) is 6.10 Å². The molecule has 0 bridgehead atoms. The first-order valence-electron chi connectivity index (χ1n) is 27.2. The maximum Gasteiger partial charge on any atom is 0.306 e. The van der Waals surface area contributed by atoms with Gasteiger partial charge >= 0.3 is 17.9 Å². The summed E-state index contributed by atoms with van der Waals surface area (Å²) in [4.78, 5) is 38.0. The fraction of sp³-hybridized carbons (Fsp3) is 0.945. The summed E-state index contributed by atoms with van der Waals surface area (Å²) in [7, 11) is 0. The van der Waals surface area contributed by atoms with Crippen molar-refractivity contribution in [3.63, 3.8) is 0 Å². The third-order valence-electron chi connectivity index (χ3n) is 12.5. The number of hydrogen-bond acceptors (Lipinski definition) is 6. The van der Waals surface area contributed by atoms with E-state index in [-0.39, 0.29) is 31.1 Å². The maximum absolute atomic E-state index is 12.8. The van der Waals surface area contributed by atoms with Crippen LogP contribution >= 0.6 is 0 Å². The molecule has 0 aliphatic carbocycles. The second-order valence-corrected chi connectivity index (χ2v) is 19.8. The third kappa shape index (κ3) is 49.3. The topological polar surface area (TPSA) is 78.9 Å². The van der Waals surface area contributed by atoms with Crippen LogP contribution in [0, 0.1) is 11.8 Å². The van der Waals surface area contributed by atoms with Crippen LogP contribution in [0.5, 0.6) is 0 Å². The van der Waals surface area contributed by atoms with E-state index in [1.165, 1.54) is 193 Å². The van der Waals surface area contributed by atoms with Gasteiger partial charge in [0, 0.05) is 19.3 Å². The molecule has 0 radical (unpaired) electrons. The monoisotopic (exact) mass is 863 g/mol. The fourth-order valence-corrected chi connectivity index (χ4v) is 8.34. The molecule has 0 rings (SSSR count). The summed E-state index contributed by atoms with van der Waals surface area (Å²) >= 11 is 0. The minimum atomic E-state index is -0.761. The minimum absolute atomic E-state index is 0.0631. The van der Waals surface area contributed by atoms with Gasteiger partial charge in [-0.3, -0.25) is 14.4 Å². The van der Waals surface area contributed by atoms with Crippen molar-refractivity contribution < 1.29 is 28.6 Å². The van der Waals surface area contributed by atoms with Gasteiger partial charge in [0.25, 0.3) is 0 Å². The molecule has 1 atom stereocenters. The van der Waals surface area contributed by atoms with Crippen molar-refractivity contribution in [1.29, 1.82) is 0 Å². The summed E-state index contributed by atoms with van der Waals surface area (Å²) < 4.78 is 16.8. The Hall–Kier alpha value is -1.59. The SMILES string of the molecule is CCCCCCCCCCCCC(=O)OC[C@H](COC(=O)CCCCCCCCCCCCCCCC(C)C)OC(=O)CCCCCCCCCCCCCCCCC(C)C. The Kier molecular flexibility index (Phi) is 46.6.